The molecule has 0 aliphatic rings. The number of para-hydroxylation sites is 1. The number of furan rings is 1. The number of fused-ring (bicyclic) bond motifs is 1. The predicted octanol–water partition coefficient (Wildman–Crippen LogP) is 4.55. The number of hydrogen-bond acceptors (Lipinski definition) is 4. The first-order valence-corrected chi connectivity index (χ1v) is 8.34. The number of rotatable bonds is 4. The van der Waals surface area contributed by atoms with Gasteiger partial charge in [-0.3, -0.25) is 4.68 Å². The van der Waals surface area contributed by atoms with Crippen LogP contribution in [0, 0.1) is 0 Å². The first-order chi connectivity index (χ1) is 11.2. The molecule has 0 aliphatic carbocycles. The molecule has 0 saturated carbocycles. The van der Waals surface area contributed by atoms with E-state index in [9.17, 15) is 5.11 Å². The first kappa shape index (κ1) is 14.5. The zero-order chi connectivity index (χ0) is 15.8. The van der Waals surface area contributed by atoms with Crippen LogP contribution in [0.3, 0.4) is 0 Å². The van der Waals surface area contributed by atoms with Crippen molar-refractivity contribution in [1.29, 1.82) is 0 Å². The molecule has 0 atom stereocenters. The molecule has 1 aromatic carbocycles. The lowest BCUT2D eigenvalue weighted by molar-refractivity contribution is 0.248. The van der Waals surface area contributed by atoms with Gasteiger partial charge in [0.15, 0.2) is 5.76 Å². The van der Waals surface area contributed by atoms with E-state index in [-0.39, 0.29) is 6.61 Å². The van der Waals surface area contributed by atoms with Gasteiger partial charge in [-0.05, 0) is 30.3 Å². The fourth-order valence-electron chi connectivity index (χ4n) is 2.60. The Morgan fingerprint density at radius 3 is 2.74 bits per heavy atom. The second kappa shape index (κ2) is 5.85. The van der Waals surface area contributed by atoms with Crippen molar-refractivity contribution < 1.29 is 9.52 Å². The number of hydrogen-bond donors (Lipinski definition) is 1. The summed E-state index contributed by atoms with van der Waals surface area (Å²) in [6.07, 6.45) is 0. The molecule has 0 radical (unpaired) electrons. The fourth-order valence-corrected chi connectivity index (χ4v) is 3.67. The SMILES string of the molecule is OCc1ccc(-c2nn(Cc3ccc(Cl)s3)c3ccccc23)o1. The summed E-state index contributed by atoms with van der Waals surface area (Å²) >= 11 is 7.57. The summed E-state index contributed by atoms with van der Waals surface area (Å²) in [5.41, 5.74) is 1.82. The van der Waals surface area contributed by atoms with E-state index in [2.05, 4.69) is 0 Å². The normalized spacial score (nSPS) is 11.4. The highest BCUT2D eigenvalue weighted by Gasteiger charge is 2.15. The standard InChI is InChI=1S/C17H13ClN2O2S/c18-16-8-6-12(23-16)9-20-14-4-2-1-3-13(14)17(19-20)15-7-5-11(10-21)22-15/h1-8,21H,9-10H2. The molecule has 23 heavy (non-hydrogen) atoms. The Morgan fingerprint density at radius 2 is 2.00 bits per heavy atom. The molecule has 3 heterocycles. The van der Waals surface area contributed by atoms with E-state index in [0.29, 0.717) is 18.1 Å². The molecule has 3 aromatic heterocycles. The minimum atomic E-state index is -0.119. The molecule has 0 aliphatic heterocycles. The molecule has 0 bridgehead atoms. The summed E-state index contributed by atoms with van der Waals surface area (Å²) in [7, 11) is 0. The van der Waals surface area contributed by atoms with E-state index >= 15 is 0 Å². The Hall–Kier alpha value is -2.08. The maximum Gasteiger partial charge on any atom is 0.155 e. The summed E-state index contributed by atoms with van der Waals surface area (Å²) in [5, 5.41) is 14.9. The number of aliphatic hydroxyl groups is 1. The van der Waals surface area contributed by atoms with Crippen molar-refractivity contribution in [2.24, 2.45) is 0 Å². The number of aromatic nitrogens is 2. The van der Waals surface area contributed by atoms with Crippen molar-refractivity contribution >= 4 is 33.8 Å². The van der Waals surface area contributed by atoms with Crippen LogP contribution in [0.5, 0.6) is 0 Å². The van der Waals surface area contributed by atoms with Crippen molar-refractivity contribution in [1.82, 2.24) is 9.78 Å². The molecule has 116 valence electrons. The quantitative estimate of drug-likeness (QED) is 0.590. The summed E-state index contributed by atoms with van der Waals surface area (Å²) < 4.78 is 8.38. The van der Waals surface area contributed by atoms with Gasteiger partial charge in [-0.1, -0.05) is 29.8 Å². The Kier molecular flexibility index (Phi) is 3.69. The predicted molar refractivity (Wildman–Crippen MR) is 91.8 cm³/mol. The van der Waals surface area contributed by atoms with Crippen molar-refractivity contribution in [3.63, 3.8) is 0 Å². The smallest absolute Gasteiger partial charge is 0.155 e. The Bertz CT molecular complexity index is 970. The van der Waals surface area contributed by atoms with E-state index in [1.54, 1.807) is 17.4 Å². The topological polar surface area (TPSA) is 51.2 Å². The van der Waals surface area contributed by atoms with Crippen LogP contribution >= 0.6 is 22.9 Å². The van der Waals surface area contributed by atoms with Crippen LogP contribution in [-0.2, 0) is 13.2 Å². The number of halogens is 1. The van der Waals surface area contributed by atoms with Gasteiger partial charge < -0.3 is 9.52 Å². The number of benzene rings is 1. The van der Waals surface area contributed by atoms with Crippen molar-refractivity contribution in [3.05, 3.63) is 63.5 Å². The highest BCUT2D eigenvalue weighted by Crippen LogP contribution is 2.30. The van der Waals surface area contributed by atoms with Crippen LogP contribution in [0.2, 0.25) is 4.34 Å². The molecule has 0 fully saturated rings. The lowest BCUT2D eigenvalue weighted by Crippen LogP contribution is -1.99. The van der Waals surface area contributed by atoms with Crippen LogP contribution in [0.1, 0.15) is 10.6 Å². The van der Waals surface area contributed by atoms with Gasteiger partial charge in [0.05, 0.1) is 16.4 Å². The molecule has 0 unspecified atom stereocenters. The number of nitrogens with zero attached hydrogens (tertiary/aromatic N) is 2. The van der Waals surface area contributed by atoms with Crippen molar-refractivity contribution in [2.75, 3.05) is 0 Å². The van der Waals surface area contributed by atoms with Gasteiger partial charge in [0, 0.05) is 10.3 Å². The molecule has 4 nitrogen and oxygen atoms in total. The van der Waals surface area contributed by atoms with Crippen LogP contribution in [0.25, 0.3) is 22.4 Å². The van der Waals surface area contributed by atoms with Gasteiger partial charge in [0.1, 0.15) is 18.1 Å². The maximum absolute atomic E-state index is 9.18. The third-order valence-electron chi connectivity index (χ3n) is 3.64. The van der Waals surface area contributed by atoms with Crippen LogP contribution in [0.15, 0.2) is 52.9 Å². The average molecular weight is 345 g/mol. The van der Waals surface area contributed by atoms with E-state index in [1.807, 2.05) is 47.1 Å². The van der Waals surface area contributed by atoms with Gasteiger partial charge in [0.2, 0.25) is 0 Å². The van der Waals surface area contributed by atoms with E-state index in [4.69, 9.17) is 21.1 Å². The summed E-state index contributed by atoms with van der Waals surface area (Å²) in [4.78, 5) is 1.14. The summed E-state index contributed by atoms with van der Waals surface area (Å²) in [5.74, 6) is 1.19. The van der Waals surface area contributed by atoms with Crippen molar-refractivity contribution in [2.45, 2.75) is 13.2 Å². The maximum atomic E-state index is 9.18. The Morgan fingerprint density at radius 1 is 1.13 bits per heavy atom. The molecule has 4 rings (SSSR count). The van der Waals surface area contributed by atoms with Crippen LogP contribution in [-0.4, -0.2) is 14.9 Å². The molecule has 0 amide bonds. The second-order valence-corrected chi connectivity index (χ2v) is 6.95. The van der Waals surface area contributed by atoms with Gasteiger partial charge in [-0.2, -0.15) is 5.10 Å². The third kappa shape index (κ3) is 2.67. The van der Waals surface area contributed by atoms with Crippen molar-refractivity contribution in [3.8, 4) is 11.5 Å². The second-order valence-electron chi connectivity index (χ2n) is 5.15. The molecular formula is C17H13ClN2O2S. The lowest BCUT2D eigenvalue weighted by Gasteiger charge is -2.00. The van der Waals surface area contributed by atoms with Gasteiger partial charge in [-0.25, -0.2) is 0 Å². The van der Waals surface area contributed by atoms with E-state index in [0.717, 1.165) is 25.8 Å². The molecule has 0 saturated heterocycles. The molecule has 4 aromatic rings. The van der Waals surface area contributed by atoms with Gasteiger partial charge >= 0.3 is 0 Å². The van der Waals surface area contributed by atoms with E-state index in [1.165, 1.54) is 0 Å². The largest absolute Gasteiger partial charge is 0.457 e. The van der Waals surface area contributed by atoms with Crippen LogP contribution in [0.4, 0.5) is 0 Å². The molecular weight excluding hydrogens is 332 g/mol. The number of thiophene rings is 1. The third-order valence-corrected chi connectivity index (χ3v) is 4.86. The molecule has 0 spiro atoms. The minimum Gasteiger partial charge on any atom is -0.457 e. The highest BCUT2D eigenvalue weighted by molar-refractivity contribution is 7.16. The zero-order valence-corrected chi connectivity index (χ0v) is 13.6. The fraction of sp³-hybridized carbons (Fsp3) is 0.118. The molecule has 1 N–H and O–H groups in total. The highest BCUT2D eigenvalue weighted by atomic mass is 35.5. The summed E-state index contributed by atoms with van der Waals surface area (Å²) in [6, 6.07) is 15.6. The Labute approximate surface area is 141 Å². The average Bonchev–Trinajstić information content (AvgIpc) is 3.27. The van der Waals surface area contributed by atoms with Gasteiger partial charge in [-0.15, -0.1) is 11.3 Å². The van der Waals surface area contributed by atoms with Crippen LogP contribution < -0.4 is 0 Å². The van der Waals surface area contributed by atoms with Gasteiger partial charge in [0.25, 0.3) is 0 Å². The summed E-state index contributed by atoms with van der Waals surface area (Å²) in [6.45, 7) is 0.539. The number of aliphatic hydroxyl groups excluding tert-OH is 1. The lowest BCUT2D eigenvalue weighted by atomic mass is 10.2. The first-order valence-electron chi connectivity index (χ1n) is 7.14. The Balaban J connectivity index is 1.82. The van der Waals surface area contributed by atoms with E-state index < -0.39 is 0 Å². The molecule has 6 heteroatoms. The minimum absolute atomic E-state index is 0.119. The zero-order valence-electron chi connectivity index (χ0n) is 12.1. The monoisotopic (exact) mass is 344 g/mol.